The summed E-state index contributed by atoms with van der Waals surface area (Å²) in [5, 5.41) is 27.5. The first kappa shape index (κ1) is 17.3. The molecule has 0 radical (unpaired) electrons. The molecule has 0 heterocycles. The average molecular weight is 351 g/mol. The molecule has 0 aliphatic carbocycles. The zero-order chi connectivity index (χ0) is 18.1. The number of aromatic carboxylic acids is 2. The van der Waals surface area contributed by atoms with Crippen molar-refractivity contribution in [1.29, 1.82) is 0 Å². The van der Waals surface area contributed by atoms with E-state index in [2.05, 4.69) is 4.72 Å². The molecule has 0 bridgehead atoms. The topological polar surface area (TPSA) is 141 Å². The number of rotatable bonds is 5. The molecular formula is C15H13NO7S. The Hall–Kier alpha value is -3.07. The zero-order valence-electron chi connectivity index (χ0n) is 12.3. The first-order valence-corrected chi connectivity index (χ1v) is 8.03. The summed E-state index contributed by atoms with van der Waals surface area (Å²) in [6.45, 7) is 1.54. The fraction of sp³-hybridized carbons (Fsp3) is 0.0667. The third-order valence-electron chi connectivity index (χ3n) is 3.23. The Morgan fingerprint density at radius 3 is 2.12 bits per heavy atom. The van der Waals surface area contributed by atoms with Crippen molar-refractivity contribution in [2.45, 2.75) is 11.8 Å². The lowest BCUT2D eigenvalue weighted by atomic mass is 10.1. The van der Waals surface area contributed by atoms with Crippen LogP contribution in [-0.4, -0.2) is 35.7 Å². The van der Waals surface area contributed by atoms with Crippen LogP contribution in [0.2, 0.25) is 0 Å². The Labute approximate surface area is 137 Å². The summed E-state index contributed by atoms with van der Waals surface area (Å²) < 4.78 is 26.8. The van der Waals surface area contributed by atoms with Gasteiger partial charge in [0.25, 0.3) is 10.0 Å². The van der Waals surface area contributed by atoms with Gasteiger partial charge >= 0.3 is 11.9 Å². The van der Waals surface area contributed by atoms with E-state index in [1.807, 2.05) is 0 Å². The van der Waals surface area contributed by atoms with Crippen molar-refractivity contribution in [2.75, 3.05) is 4.72 Å². The molecule has 4 N–H and O–H groups in total. The first-order chi connectivity index (χ1) is 11.1. The molecule has 0 fully saturated rings. The minimum atomic E-state index is -4.11. The Bertz CT molecular complexity index is 935. The molecule has 126 valence electrons. The van der Waals surface area contributed by atoms with Crippen LogP contribution < -0.4 is 4.72 Å². The monoisotopic (exact) mass is 351 g/mol. The van der Waals surface area contributed by atoms with Crippen LogP contribution in [0, 0.1) is 6.92 Å². The van der Waals surface area contributed by atoms with Gasteiger partial charge in [-0.15, -0.1) is 0 Å². The molecule has 0 spiro atoms. The van der Waals surface area contributed by atoms with Gasteiger partial charge in [-0.25, -0.2) is 18.0 Å². The van der Waals surface area contributed by atoms with E-state index in [4.69, 9.17) is 10.2 Å². The number of sulfonamides is 1. The molecule has 2 aromatic carbocycles. The van der Waals surface area contributed by atoms with Gasteiger partial charge in [0.1, 0.15) is 11.3 Å². The smallest absolute Gasteiger partial charge is 0.339 e. The van der Waals surface area contributed by atoms with Gasteiger partial charge in [-0.2, -0.15) is 0 Å². The van der Waals surface area contributed by atoms with Gasteiger partial charge in [0.15, 0.2) is 0 Å². The highest BCUT2D eigenvalue weighted by atomic mass is 32.2. The van der Waals surface area contributed by atoms with Crippen molar-refractivity contribution in [1.82, 2.24) is 0 Å². The Kier molecular flexibility index (Phi) is 4.47. The van der Waals surface area contributed by atoms with Crippen LogP contribution in [0.25, 0.3) is 0 Å². The fourth-order valence-corrected chi connectivity index (χ4v) is 3.06. The largest absolute Gasteiger partial charge is 0.507 e. The minimum Gasteiger partial charge on any atom is -0.507 e. The number of aryl methyl sites for hydroxylation is 1. The number of carboxylic acids is 2. The summed E-state index contributed by atoms with van der Waals surface area (Å²) in [6.07, 6.45) is 0. The van der Waals surface area contributed by atoms with E-state index >= 15 is 0 Å². The maximum atomic E-state index is 12.3. The first-order valence-electron chi connectivity index (χ1n) is 6.55. The van der Waals surface area contributed by atoms with E-state index in [-0.39, 0.29) is 21.7 Å². The van der Waals surface area contributed by atoms with Crippen LogP contribution in [0.3, 0.4) is 0 Å². The number of hydrogen-bond donors (Lipinski definition) is 4. The third kappa shape index (κ3) is 3.46. The molecule has 24 heavy (non-hydrogen) atoms. The van der Waals surface area contributed by atoms with Crippen LogP contribution in [0.15, 0.2) is 41.3 Å². The van der Waals surface area contributed by atoms with Crippen molar-refractivity contribution in [3.8, 4) is 5.75 Å². The van der Waals surface area contributed by atoms with Crippen LogP contribution in [-0.2, 0) is 10.0 Å². The van der Waals surface area contributed by atoms with Crippen LogP contribution >= 0.6 is 0 Å². The standard InChI is InChI=1S/C15H13NO7S/c1-8-2-4-10(7-12(8)15(20)21)24(22,23)16-9-3-5-11(14(18)19)13(17)6-9/h2-7,16-17H,1H3,(H,18,19)(H,20,21). The van der Waals surface area contributed by atoms with E-state index in [0.717, 1.165) is 18.2 Å². The number of carboxylic acid groups (broad SMARTS) is 2. The second-order valence-electron chi connectivity index (χ2n) is 4.92. The van der Waals surface area contributed by atoms with Crippen molar-refractivity contribution in [3.05, 3.63) is 53.1 Å². The van der Waals surface area contributed by atoms with Crippen molar-refractivity contribution < 1.29 is 33.3 Å². The maximum absolute atomic E-state index is 12.3. The van der Waals surface area contributed by atoms with Crippen LogP contribution in [0.4, 0.5) is 5.69 Å². The molecule has 0 aliphatic heterocycles. The van der Waals surface area contributed by atoms with E-state index in [1.54, 1.807) is 0 Å². The summed E-state index contributed by atoms with van der Waals surface area (Å²) in [5.41, 5.74) is -0.178. The quantitative estimate of drug-likeness (QED) is 0.644. The molecule has 9 heteroatoms. The summed E-state index contributed by atoms with van der Waals surface area (Å²) in [6, 6.07) is 6.80. The number of hydrogen-bond acceptors (Lipinski definition) is 5. The highest BCUT2D eigenvalue weighted by Gasteiger charge is 2.19. The highest BCUT2D eigenvalue weighted by molar-refractivity contribution is 7.92. The molecule has 0 unspecified atom stereocenters. The lowest BCUT2D eigenvalue weighted by Gasteiger charge is -2.10. The second-order valence-corrected chi connectivity index (χ2v) is 6.61. The maximum Gasteiger partial charge on any atom is 0.339 e. The number of anilines is 1. The average Bonchev–Trinajstić information content (AvgIpc) is 2.46. The lowest BCUT2D eigenvalue weighted by molar-refractivity contribution is 0.0683. The summed E-state index contributed by atoms with van der Waals surface area (Å²) >= 11 is 0. The van der Waals surface area contributed by atoms with Crippen LogP contribution in [0.1, 0.15) is 26.3 Å². The van der Waals surface area contributed by atoms with E-state index in [1.165, 1.54) is 25.1 Å². The Morgan fingerprint density at radius 1 is 0.958 bits per heavy atom. The molecule has 0 saturated carbocycles. The molecule has 2 aromatic rings. The van der Waals surface area contributed by atoms with Gasteiger partial charge in [-0.3, -0.25) is 4.72 Å². The number of nitrogens with one attached hydrogen (secondary N) is 1. The van der Waals surface area contributed by atoms with Gasteiger partial charge < -0.3 is 15.3 Å². The predicted octanol–water partition coefficient (Wildman–Crippen LogP) is 1.90. The van der Waals surface area contributed by atoms with Gasteiger partial charge in [0.2, 0.25) is 0 Å². The molecule has 0 aromatic heterocycles. The van der Waals surface area contributed by atoms with Gasteiger partial charge in [-0.1, -0.05) is 6.07 Å². The number of benzene rings is 2. The Balaban J connectivity index is 2.39. The molecule has 0 atom stereocenters. The lowest BCUT2D eigenvalue weighted by Crippen LogP contribution is -2.14. The SMILES string of the molecule is Cc1ccc(S(=O)(=O)Nc2ccc(C(=O)O)c(O)c2)cc1C(=O)O. The summed E-state index contributed by atoms with van der Waals surface area (Å²) in [4.78, 5) is 21.6. The molecule has 0 aliphatic rings. The fourth-order valence-electron chi connectivity index (χ4n) is 1.99. The van der Waals surface area contributed by atoms with Crippen LogP contribution in [0.5, 0.6) is 5.75 Å². The number of phenols is 1. The van der Waals surface area contributed by atoms with E-state index < -0.39 is 27.7 Å². The zero-order valence-corrected chi connectivity index (χ0v) is 13.2. The molecular weight excluding hydrogens is 338 g/mol. The minimum absolute atomic E-state index is 0.0602. The van der Waals surface area contributed by atoms with Gasteiger partial charge in [-0.05, 0) is 36.8 Å². The summed E-state index contributed by atoms with van der Waals surface area (Å²) in [5.74, 6) is -3.21. The second kappa shape index (κ2) is 6.20. The predicted molar refractivity (Wildman–Crippen MR) is 84.0 cm³/mol. The highest BCUT2D eigenvalue weighted by Crippen LogP contribution is 2.25. The van der Waals surface area contributed by atoms with E-state index in [9.17, 15) is 23.1 Å². The van der Waals surface area contributed by atoms with Gasteiger partial charge in [0.05, 0.1) is 16.1 Å². The van der Waals surface area contributed by atoms with Gasteiger partial charge in [0, 0.05) is 6.07 Å². The normalized spacial score (nSPS) is 11.0. The molecule has 0 amide bonds. The van der Waals surface area contributed by atoms with Crippen molar-refractivity contribution >= 4 is 27.6 Å². The number of carbonyl (C=O) groups is 2. The Morgan fingerprint density at radius 2 is 1.58 bits per heavy atom. The molecule has 8 nitrogen and oxygen atoms in total. The number of aromatic hydroxyl groups is 1. The summed E-state index contributed by atoms with van der Waals surface area (Å²) in [7, 11) is -4.11. The third-order valence-corrected chi connectivity index (χ3v) is 4.61. The van der Waals surface area contributed by atoms with Crippen molar-refractivity contribution in [3.63, 3.8) is 0 Å². The molecule has 0 saturated heterocycles. The van der Waals surface area contributed by atoms with Crippen molar-refractivity contribution in [2.24, 2.45) is 0 Å². The van der Waals surface area contributed by atoms with E-state index in [0.29, 0.717) is 5.56 Å². The molecule has 2 rings (SSSR count).